The second-order valence-electron chi connectivity index (χ2n) is 5.19. The minimum absolute atomic E-state index is 0.0598. The Morgan fingerprint density at radius 2 is 2.63 bits per heavy atom. The van der Waals surface area contributed by atoms with E-state index in [-0.39, 0.29) is 11.7 Å². The molecule has 6 heteroatoms. The van der Waals surface area contributed by atoms with Crippen molar-refractivity contribution in [1.29, 1.82) is 0 Å². The van der Waals surface area contributed by atoms with Gasteiger partial charge in [-0.05, 0) is 12.8 Å². The van der Waals surface area contributed by atoms with E-state index in [1.54, 1.807) is 22.9 Å². The number of hydrogen-bond donors (Lipinski definition) is 0. The molecule has 1 aromatic heterocycles. The number of anilines is 1. The van der Waals surface area contributed by atoms with Crippen molar-refractivity contribution < 1.29 is 9.47 Å². The van der Waals surface area contributed by atoms with Gasteiger partial charge in [-0.15, -0.1) is 16.8 Å². The van der Waals surface area contributed by atoms with E-state index in [1.807, 2.05) is 0 Å². The van der Waals surface area contributed by atoms with Crippen LogP contribution in [0.15, 0.2) is 18.2 Å². The zero-order valence-corrected chi connectivity index (χ0v) is 11.8. The van der Waals surface area contributed by atoms with E-state index in [4.69, 9.17) is 9.47 Å². The van der Waals surface area contributed by atoms with Crippen LogP contribution in [0.2, 0.25) is 0 Å². The highest BCUT2D eigenvalue weighted by molar-refractivity contribution is 7.13. The first-order chi connectivity index (χ1) is 9.31. The molecule has 0 aliphatic carbocycles. The summed E-state index contributed by atoms with van der Waals surface area (Å²) in [6.07, 6.45) is 5.20. The van der Waals surface area contributed by atoms with Crippen molar-refractivity contribution in [3.8, 4) is 0 Å². The molecule has 0 saturated carbocycles. The Hall–Kier alpha value is -0.980. The predicted octanol–water partition coefficient (Wildman–Crippen LogP) is 1.87. The Morgan fingerprint density at radius 1 is 1.68 bits per heavy atom. The van der Waals surface area contributed by atoms with Crippen LogP contribution in [-0.4, -0.2) is 48.2 Å². The lowest BCUT2D eigenvalue weighted by Crippen LogP contribution is -2.48. The van der Waals surface area contributed by atoms with Gasteiger partial charge in [-0.1, -0.05) is 17.4 Å². The zero-order chi connectivity index (χ0) is 13.1. The number of nitrogens with zero attached hydrogens (tertiary/aromatic N) is 3. The van der Waals surface area contributed by atoms with Crippen molar-refractivity contribution in [3.63, 3.8) is 0 Å². The maximum absolute atomic E-state index is 6.07. The molecule has 0 amide bonds. The lowest BCUT2D eigenvalue weighted by atomic mass is 9.89. The van der Waals surface area contributed by atoms with Crippen molar-refractivity contribution in [2.45, 2.75) is 31.0 Å². The average Bonchev–Trinajstić information content (AvgIpc) is 3.07. The molecule has 0 N–H and O–H groups in total. The monoisotopic (exact) mass is 281 g/mol. The SMILES string of the molecule is C=CCOC1COC2(CCCN(c3nncs3)C2)C1. The van der Waals surface area contributed by atoms with Gasteiger partial charge in [0.05, 0.1) is 24.9 Å². The minimum atomic E-state index is -0.0598. The zero-order valence-electron chi connectivity index (χ0n) is 11.0. The van der Waals surface area contributed by atoms with Gasteiger partial charge >= 0.3 is 0 Å². The van der Waals surface area contributed by atoms with Gasteiger partial charge in [-0.25, -0.2) is 0 Å². The molecule has 5 nitrogen and oxygen atoms in total. The highest BCUT2D eigenvalue weighted by atomic mass is 32.1. The first-order valence-electron chi connectivity index (χ1n) is 6.69. The predicted molar refractivity (Wildman–Crippen MR) is 74.6 cm³/mol. The van der Waals surface area contributed by atoms with Gasteiger partial charge in [0, 0.05) is 19.5 Å². The molecular formula is C13H19N3O2S. The highest BCUT2D eigenvalue weighted by Gasteiger charge is 2.44. The minimum Gasteiger partial charge on any atom is -0.372 e. The molecule has 2 saturated heterocycles. The Balaban J connectivity index is 1.63. The van der Waals surface area contributed by atoms with Crippen molar-refractivity contribution in [1.82, 2.24) is 10.2 Å². The summed E-state index contributed by atoms with van der Waals surface area (Å²) in [6.45, 7) is 6.92. The third-order valence-corrected chi connectivity index (χ3v) is 4.53. The molecule has 2 aliphatic rings. The Morgan fingerprint density at radius 3 is 3.42 bits per heavy atom. The number of hydrogen-bond acceptors (Lipinski definition) is 6. The van der Waals surface area contributed by atoms with Crippen molar-refractivity contribution in [2.75, 3.05) is 31.2 Å². The number of rotatable bonds is 4. The number of ether oxygens (including phenoxy) is 2. The van der Waals surface area contributed by atoms with Crippen molar-refractivity contribution >= 4 is 16.5 Å². The van der Waals surface area contributed by atoms with E-state index in [9.17, 15) is 0 Å². The molecule has 19 heavy (non-hydrogen) atoms. The number of piperidine rings is 1. The molecule has 2 aliphatic heterocycles. The molecule has 2 unspecified atom stereocenters. The largest absolute Gasteiger partial charge is 0.372 e. The molecule has 1 spiro atoms. The quantitative estimate of drug-likeness (QED) is 0.789. The molecule has 0 radical (unpaired) electrons. The fourth-order valence-electron chi connectivity index (χ4n) is 2.96. The van der Waals surface area contributed by atoms with Crippen LogP contribution in [0.25, 0.3) is 0 Å². The summed E-state index contributed by atoms with van der Waals surface area (Å²) < 4.78 is 11.8. The first kappa shape index (κ1) is 13.0. The molecular weight excluding hydrogens is 262 g/mol. The van der Waals surface area contributed by atoms with Crippen molar-refractivity contribution in [2.24, 2.45) is 0 Å². The second kappa shape index (κ2) is 5.56. The van der Waals surface area contributed by atoms with E-state index in [2.05, 4.69) is 21.7 Å². The van der Waals surface area contributed by atoms with Crippen molar-refractivity contribution in [3.05, 3.63) is 18.2 Å². The molecule has 104 valence electrons. The van der Waals surface area contributed by atoms with Gasteiger partial charge in [-0.2, -0.15) is 0 Å². The molecule has 2 atom stereocenters. The molecule has 3 rings (SSSR count). The van der Waals surface area contributed by atoms with Gasteiger partial charge in [0.15, 0.2) is 0 Å². The summed E-state index contributed by atoms with van der Waals surface area (Å²) in [4.78, 5) is 2.29. The summed E-state index contributed by atoms with van der Waals surface area (Å²) >= 11 is 1.59. The van der Waals surface area contributed by atoms with Crippen LogP contribution in [0, 0.1) is 0 Å². The maximum atomic E-state index is 6.07. The summed E-state index contributed by atoms with van der Waals surface area (Å²) in [6, 6.07) is 0. The Kier molecular flexibility index (Phi) is 3.81. The molecule has 1 aromatic rings. The smallest absolute Gasteiger partial charge is 0.208 e. The Bertz CT molecular complexity index is 426. The summed E-state index contributed by atoms with van der Waals surface area (Å²) in [5.41, 5.74) is 1.72. The summed E-state index contributed by atoms with van der Waals surface area (Å²) in [7, 11) is 0. The van der Waals surface area contributed by atoms with E-state index < -0.39 is 0 Å². The lowest BCUT2D eigenvalue weighted by molar-refractivity contribution is -0.0111. The first-order valence-corrected chi connectivity index (χ1v) is 7.57. The summed E-state index contributed by atoms with van der Waals surface area (Å²) in [5.74, 6) is 0. The van der Waals surface area contributed by atoms with E-state index in [0.717, 1.165) is 37.5 Å². The lowest BCUT2D eigenvalue weighted by Gasteiger charge is -2.39. The molecule has 3 heterocycles. The third kappa shape index (κ3) is 2.80. The second-order valence-corrected chi connectivity index (χ2v) is 6.00. The standard InChI is InChI=1S/C13H19N3O2S/c1-2-6-17-11-7-13(18-8-11)4-3-5-16(9-13)12-15-14-10-19-12/h2,10-11H,1,3-9H2. The topological polar surface area (TPSA) is 47.5 Å². The fourth-order valence-corrected chi connectivity index (χ4v) is 3.55. The van der Waals surface area contributed by atoms with Gasteiger partial charge in [-0.3, -0.25) is 0 Å². The molecule has 2 fully saturated rings. The maximum Gasteiger partial charge on any atom is 0.208 e. The average molecular weight is 281 g/mol. The van der Waals surface area contributed by atoms with Crippen LogP contribution in [-0.2, 0) is 9.47 Å². The van der Waals surface area contributed by atoms with Crippen LogP contribution >= 0.6 is 11.3 Å². The van der Waals surface area contributed by atoms with Crippen LogP contribution in [0.1, 0.15) is 19.3 Å². The van der Waals surface area contributed by atoms with Crippen LogP contribution in [0.4, 0.5) is 5.13 Å². The highest BCUT2D eigenvalue weighted by Crippen LogP contribution is 2.37. The van der Waals surface area contributed by atoms with Crippen LogP contribution in [0.3, 0.4) is 0 Å². The summed E-state index contributed by atoms with van der Waals surface area (Å²) in [5, 5.41) is 9.07. The van der Waals surface area contributed by atoms with Gasteiger partial charge < -0.3 is 14.4 Å². The van der Waals surface area contributed by atoms with E-state index in [0.29, 0.717) is 13.2 Å². The van der Waals surface area contributed by atoms with Crippen LogP contribution < -0.4 is 4.90 Å². The van der Waals surface area contributed by atoms with Gasteiger partial charge in [0.1, 0.15) is 5.51 Å². The van der Waals surface area contributed by atoms with E-state index in [1.165, 1.54) is 0 Å². The van der Waals surface area contributed by atoms with Gasteiger partial charge in [0.25, 0.3) is 0 Å². The number of aromatic nitrogens is 2. The third-order valence-electron chi connectivity index (χ3n) is 3.78. The van der Waals surface area contributed by atoms with Crippen LogP contribution in [0.5, 0.6) is 0 Å². The molecule has 0 bridgehead atoms. The fraction of sp³-hybridized carbons (Fsp3) is 0.692. The van der Waals surface area contributed by atoms with Gasteiger partial charge in [0.2, 0.25) is 5.13 Å². The molecule has 0 aromatic carbocycles. The van der Waals surface area contributed by atoms with E-state index >= 15 is 0 Å². The normalized spacial score (nSPS) is 30.9. The Labute approximate surface area is 117 Å².